The van der Waals surface area contributed by atoms with Gasteiger partial charge in [-0.05, 0) is 39.5 Å². The van der Waals surface area contributed by atoms with Crippen LogP contribution in [0, 0.1) is 0 Å². The van der Waals surface area contributed by atoms with E-state index < -0.39 is 11.7 Å². The molecule has 0 saturated heterocycles. The van der Waals surface area contributed by atoms with Crippen molar-refractivity contribution in [2.24, 2.45) is 0 Å². The van der Waals surface area contributed by atoms with Gasteiger partial charge in [0.15, 0.2) is 0 Å². The molecule has 4 heteroatoms. The van der Waals surface area contributed by atoms with Gasteiger partial charge in [-0.3, -0.25) is 0 Å². The van der Waals surface area contributed by atoms with Crippen molar-refractivity contribution in [2.75, 3.05) is 6.54 Å². The van der Waals surface area contributed by atoms with Gasteiger partial charge >= 0.3 is 6.09 Å². The second-order valence-electron chi connectivity index (χ2n) is 4.83. The molecule has 0 spiro atoms. The first-order valence-electron chi connectivity index (χ1n) is 5.64. The van der Waals surface area contributed by atoms with E-state index in [1.165, 1.54) is 6.42 Å². The van der Waals surface area contributed by atoms with Gasteiger partial charge in [-0.1, -0.05) is 6.42 Å². The van der Waals surface area contributed by atoms with E-state index in [-0.39, 0.29) is 12.6 Å². The minimum Gasteiger partial charge on any atom is -0.446 e. The Morgan fingerprint density at radius 3 is 2.53 bits per heavy atom. The van der Waals surface area contributed by atoms with Crippen LogP contribution in [-0.4, -0.2) is 29.4 Å². The van der Waals surface area contributed by atoms with Gasteiger partial charge in [-0.2, -0.15) is 0 Å². The summed E-state index contributed by atoms with van der Waals surface area (Å²) in [5, 5.41) is 12.0. The Balaban J connectivity index is 2.17. The van der Waals surface area contributed by atoms with Crippen LogP contribution in [0.2, 0.25) is 0 Å². The monoisotopic (exact) mass is 215 g/mol. The second-order valence-corrected chi connectivity index (χ2v) is 4.83. The number of carbonyl (C=O) groups is 1. The van der Waals surface area contributed by atoms with Crippen molar-refractivity contribution in [1.82, 2.24) is 5.32 Å². The number of aliphatic hydroxyl groups is 1. The predicted molar refractivity (Wildman–Crippen MR) is 57.7 cm³/mol. The van der Waals surface area contributed by atoms with Crippen LogP contribution >= 0.6 is 0 Å². The van der Waals surface area contributed by atoms with Gasteiger partial charge in [0.2, 0.25) is 0 Å². The molecular weight excluding hydrogens is 194 g/mol. The van der Waals surface area contributed by atoms with E-state index >= 15 is 0 Å². The van der Waals surface area contributed by atoms with Crippen LogP contribution in [-0.2, 0) is 4.74 Å². The summed E-state index contributed by atoms with van der Waals surface area (Å²) in [6.07, 6.45) is 5.12. The number of nitrogens with one attached hydrogen (secondary N) is 1. The van der Waals surface area contributed by atoms with E-state index in [1.807, 2.05) is 0 Å². The van der Waals surface area contributed by atoms with Gasteiger partial charge in [0, 0.05) is 6.54 Å². The second kappa shape index (κ2) is 5.35. The molecule has 0 aliphatic heterocycles. The number of carbonyl (C=O) groups excluding carboxylic acids is 1. The zero-order valence-corrected chi connectivity index (χ0v) is 9.58. The van der Waals surface area contributed by atoms with Gasteiger partial charge in [-0.15, -0.1) is 0 Å². The fourth-order valence-corrected chi connectivity index (χ4v) is 1.66. The lowest BCUT2D eigenvalue weighted by Gasteiger charge is -2.23. The van der Waals surface area contributed by atoms with Gasteiger partial charge in [-0.25, -0.2) is 4.79 Å². The number of alkyl carbamates (subject to hydrolysis) is 1. The Morgan fingerprint density at radius 2 is 2.00 bits per heavy atom. The molecule has 4 nitrogen and oxygen atoms in total. The number of rotatable bonds is 3. The normalized spacial score (nSPS) is 18.6. The maximum atomic E-state index is 11.3. The molecule has 15 heavy (non-hydrogen) atoms. The van der Waals surface area contributed by atoms with Crippen molar-refractivity contribution in [3.8, 4) is 0 Å². The van der Waals surface area contributed by atoms with Gasteiger partial charge in [0.1, 0.15) is 6.10 Å². The number of amides is 1. The molecule has 0 radical (unpaired) electrons. The van der Waals surface area contributed by atoms with Crippen LogP contribution < -0.4 is 5.32 Å². The molecule has 0 bridgehead atoms. The summed E-state index contributed by atoms with van der Waals surface area (Å²) >= 11 is 0. The Hall–Kier alpha value is -0.770. The summed E-state index contributed by atoms with van der Waals surface area (Å²) in [5.74, 6) is 0. The molecule has 0 aromatic heterocycles. The van der Waals surface area contributed by atoms with E-state index in [4.69, 9.17) is 4.74 Å². The van der Waals surface area contributed by atoms with E-state index in [2.05, 4.69) is 5.32 Å². The van der Waals surface area contributed by atoms with Gasteiger partial charge in [0.25, 0.3) is 0 Å². The molecule has 0 aromatic carbocycles. The zero-order valence-electron chi connectivity index (χ0n) is 9.58. The van der Waals surface area contributed by atoms with Crippen molar-refractivity contribution in [3.05, 3.63) is 0 Å². The van der Waals surface area contributed by atoms with Gasteiger partial charge < -0.3 is 15.2 Å². The lowest BCUT2D eigenvalue weighted by molar-refractivity contribution is 0.0546. The predicted octanol–water partition coefficient (Wildman–Crippen LogP) is 1.82. The zero-order chi connectivity index (χ0) is 11.3. The maximum absolute atomic E-state index is 11.3. The first-order valence-corrected chi connectivity index (χ1v) is 5.64. The van der Waals surface area contributed by atoms with E-state index in [9.17, 15) is 9.90 Å². The Bertz CT molecular complexity index is 204. The van der Waals surface area contributed by atoms with Crippen LogP contribution in [0.1, 0.15) is 46.0 Å². The minimum absolute atomic E-state index is 0.0700. The lowest BCUT2D eigenvalue weighted by atomic mass is 9.98. The molecule has 2 N–H and O–H groups in total. The first kappa shape index (κ1) is 12.3. The molecule has 0 aromatic rings. The summed E-state index contributed by atoms with van der Waals surface area (Å²) in [6, 6.07) is 0. The third-order valence-corrected chi connectivity index (χ3v) is 2.49. The maximum Gasteiger partial charge on any atom is 0.407 e. The summed E-state index contributed by atoms with van der Waals surface area (Å²) in [4.78, 5) is 11.3. The first-order chi connectivity index (χ1) is 6.97. The average molecular weight is 215 g/mol. The third-order valence-electron chi connectivity index (χ3n) is 2.49. The van der Waals surface area contributed by atoms with Crippen molar-refractivity contribution >= 4 is 6.09 Å². The quantitative estimate of drug-likeness (QED) is 0.755. The highest BCUT2D eigenvalue weighted by molar-refractivity contribution is 5.67. The Morgan fingerprint density at radius 1 is 1.40 bits per heavy atom. The van der Waals surface area contributed by atoms with E-state index in [0.717, 1.165) is 25.7 Å². The topological polar surface area (TPSA) is 58.6 Å². The molecule has 1 saturated carbocycles. The summed E-state index contributed by atoms with van der Waals surface area (Å²) < 4.78 is 5.23. The van der Waals surface area contributed by atoms with E-state index in [1.54, 1.807) is 13.8 Å². The van der Waals surface area contributed by atoms with E-state index in [0.29, 0.717) is 0 Å². The number of ether oxygens (including phenoxy) is 1. The lowest BCUT2D eigenvalue weighted by Crippen LogP contribution is -2.39. The fourth-order valence-electron chi connectivity index (χ4n) is 1.66. The van der Waals surface area contributed by atoms with Crippen LogP contribution in [0.15, 0.2) is 0 Å². The minimum atomic E-state index is -0.883. The molecule has 1 rings (SSSR count). The van der Waals surface area contributed by atoms with Crippen molar-refractivity contribution < 1.29 is 14.6 Å². The number of hydrogen-bond donors (Lipinski definition) is 2. The molecule has 1 amide bonds. The molecule has 1 aliphatic carbocycles. The molecule has 1 aliphatic rings. The van der Waals surface area contributed by atoms with Crippen LogP contribution in [0.25, 0.3) is 0 Å². The molecule has 0 heterocycles. The van der Waals surface area contributed by atoms with Crippen molar-refractivity contribution in [3.63, 3.8) is 0 Å². The smallest absolute Gasteiger partial charge is 0.407 e. The number of hydrogen-bond acceptors (Lipinski definition) is 3. The molecule has 88 valence electrons. The van der Waals surface area contributed by atoms with Crippen molar-refractivity contribution in [2.45, 2.75) is 57.7 Å². The SMILES string of the molecule is CC(C)(O)CNC(=O)OC1CCCCC1. The van der Waals surface area contributed by atoms with Crippen LogP contribution in [0.3, 0.4) is 0 Å². The summed E-state index contributed by atoms with van der Waals surface area (Å²) in [7, 11) is 0. The summed E-state index contributed by atoms with van der Waals surface area (Å²) in [5.41, 5.74) is -0.883. The Kier molecular flexibility index (Phi) is 4.39. The standard InChI is InChI=1S/C11H21NO3/c1-11(2,14)8-12-10(13)15-9-6-4-3-5-7-9/h9,14H,3-8H2,1-2H3,(H,12,13). The highest BCUT2D eigenvalue weighted by Gasteiger charge is 2.19. The van der Waals surface area contributed by atoms with Crippen molar-refractivity contribution in [1.29, 1.82) is 0 Å². The Labute approximate surface area is 91.0 Å². The highest BCUT2D eigenvalue weighted by atomic mass is 16.6. The van der Waals surface area contributed by atoms with Crippen LogP contribution in [0.5, 0.6) is 0 Å². The molecule has 1 fully saturated rings. The average Bonchev–Trinajstić information content (AvgIpc) is 2.15. The molecule has 0 atom stereocenters. The molecular formula is C11H21NO3. The fraction of sp³-hybridized carbons (Fsp3) is 0.909. The third kappa shape index (κ3) is 5.62. The van der Waals surface area contributed by atoms with Crippen LogP contribution in [0.4, 0.5) is 4.79 Å². The highest BCUT2D eigenvalue weighted by Crippen LogP contribution is 2.20. The largest absolute Gasteiger partial charge is 0.446 e. The summed E-state index contributed by atoms with van der Waals surface area (Å²) in [6.45, 7) is 3.51. The van der Waals surface area contributed by atoms with Gasteiger partial charge in [0.05, 0.1) is 5.60 Å². The molecule has 0 unspecified atom stereocenters.